The van der Waals surface area contributed by atoms with Gasteiger partial charge in [0.05, 0.1) is 0 Å². The van der Waals surface area contributed by atoms with Gasteiger partial charge >= 0.3 is 0 Å². The van der Waals surface area contributed by atoms with Gasteiger partial charge in [0, 0.05) is 6.42 Å². The highest BCUT2D eigenvalue weighted by atomic mass is 14.1. The Bertz CT molecular complexity index is 345. The lowest BCUT2D eigenvalue weighted by Gasteiger charge is -1.97. The summed E-state index contributed by atoms with van der Waals surface area (Å²) in [7, 11) is 0. The highest BCUT2D eigenvalue weighted by Crippen LogP contribution is 2.28. The quantitative estimate of drug-likeness (QED) is 0.606. The summed E-state index contributed by atoms with van der Waals surface area (Å²) in [5, 5.41) is 0. The molecule has 0 aromatic heterocycles. The molecule has 1 radical (unpaired) electrons. The molecule has 1 aromatic rings. The van der Waals surface area contributed by atoms with E-state index in [0.29, 0.717) is 0 Å². The molecule has 0 heterocycles. The number of hydrogen-bond acceptors (Lipinski definition) is 0. The first kappa shape index (κ1) is 8.31. The first-order valence-electron chi connectivity index (χ1n) is 4.65. The van der Waals surface area contributed by atoms with Gasteiger partial charge < -0.3 is 0 Å². The second kappa shape index (κ2) is 3.61. The molecule has 1 aliphatic rings. The van der Waals surface area contributed by atoms with Gasteiger partial charge in [0.25, 0.3) is 0 Å². The molecule has 0 bridgehead atoms. The van der Waals surface area contributed by atoms with Crippen LogP contribution in [-0.4, -0.2) is 0 Å². The topological polar surface area (TPSA) is 0 Å². The molecule has 0 fully saturated rings. The monoisotopic (exact) mass is 169 g/mol. The summed E-state index contributed by atoms with van der Waals surface area (Å²) in [5.74, 6) is 0. The van der Waals surface area contributed by atoms with Crippen molar-refractivity contribution in [3.05, 3.63) is 60.0 Å². The molecule has 0 nitrogen and oxygen atoms in total. The Balaban J connectivity index is 2.12. The van der Waals surface area contributed by atoms with E-state index in [4.69, 9.17) is 0 Å². The van der Waals surface area contributed by atoms with Crippen LogP contribution in [0.25, 0.3) is 6.08 Å². The maximum absolute atomic E-state index is 3.73. The smallest absolute Gasteiger partial charge is 0.0164 e. The van der Waals surface area contributed by atoms with Gasteiger partial charge in [0.1, 0.15) is 0 Å². The summed E-state index contributed by atoms with van der Waals surface area (Å²) >= 11 is 0. The van der Waals surface area contributed by atoms with Crippen LogP contribution in [0, 0.1) is 6.42 Å². The Morgan fingerprint density at radius 3 is 2.62 bits per heavy atom. The van der Waals surface area contributed by atoms with Crippen molar-refractivity contribution in [2.45, 2.75) is 12.8 Å². The maximum Gasteiger partial charge on any atom is 0.0164 e. The molecule has 0 spiro atoms. The molecule has 0 amide bonds. The van der Waals surface area contributed by atoms with Crippen molar-refractivity contribution in [3.63, 3.8) is 0 Å². The van der Waals surface area contributed by atoms with Crippen LogP contribution in [0.2, 0.25) is 0 Å². The molecule has 0 unspecified atom stereocenters. The third-order valence-electron chi connectivity index (χ3n) is 2.31. The summed E-state index contributed by atoms with van der Waals surface area (Å²) in [5.41, 5.74) is 4.12. The van der Waals surface area contributed by atoms with Crippen molar-refractivity contribution in [1.29, 1.82) is 0 Å². The van der Waals surface area contributed by atoms with E-state index in [-0.39, 0.29) is 0 Å². The minimum Gasteiger partial charge on any atom is -0.103 e. The number of fused-ring (bicyclic) bond motifs is 1. The zero-order valence-electron chi connectivity index (χ0n) is 7.66. The molecule has 13 heavy (non-hydrogen) atoms. The average Bonchev–Trinajstić information content (AvgIpc) is 2.57. The third kappa shape index (κ3) is 1.72. The molecule has 0 atom stereocenters. The zero-order chi connectivity index (χ0) is 9.10. The van der Waals surface area contributed by atoms with E-state index >= 15 is 0 Å². The normalized spacial score (nSPS) is 13.7. The Kier molecular flexibility index (Phi) is 2.31. The van der Waals surface area contributed by atoms with E-state index in [1.54, 1.807) is 0 Å². The molecular formula is C13H13. The zero-order valence-corrected chi connectivity index (χ0v) is 7.66. The average molecular weight is 169 g/mol. The van der Waals surface area contributed by atoms with E-state index in [1.165, 1.54) is 16.7 Å². The van der Waals surface area contributed by atoms with Gasteiger partial charge in [-0.25, -0.2) is 0 Å². The molecule has 1 aromatic carbocycles. The summed E-state index contributed by atoms with van der Waals surface area (Å²) < 4.78 is 0. The van der Waals surface area contributed by atoms with Gasteiger partial charge in [0.15, 0.2) is 0 Å². The minimum atomic E-state index is 1.07. The van der Waals surface area contributed by atoms with E-state index in [9.17, 15) is 0 Å². The van der Waals surface area contributed by atoms with E-state index in [0.717, 1.165) is 12.8 Å². The number of hydrogen-bond donors (Lipinski definition) is 0. The fourth-order valence-corrected chi connectivity index (χ4v) is 1.63. The summed E-state index contributed by atoms with van der Waals surface area (Å²) in [6.07, 6.45) is 8.67. The van der Waals surface area contributed by atoms with Gasteiger partial charge in [-0.1, -0.05) is 42.0 Å². The van der Waals surface area contributed by atoms with E-state index in [2.05, 4.69) is 43.3 Å². The first-order valence-corrected chi connectivity index (χ1v) is 4.65. The van der Waals surface area contributed by atoms with Crippen molar-refractivity contribution < 1.29 is 0 Å². The number of rotatable bonds is 3. The molecule has 0 heteroatoms. The fourth-order valence-electron chi connectivity index (χ4n) is 1.63. The molecule has 1 aliphatic carbocycles. The molecule has 0 saturated carbocycles. The van der Waals surface area contributed by atoms with Crippen molar-refractivity contribution in [2.24, 2.45) is 0 Å². The molecule has 0 aliphatic heterocycles. The number of allylic oxidation sites excluding steroid dienone is 2. The Morgan fingerprint density at radius 2 is 1.92 bits per heavy atom. The van der Waals surface area contributed by atoms with Crippen molar-refractivity contribution in [3.8, 4) is 0 Å². The van der Waals surface area contributed by atoms with Crippen molar-refractivity contribution >= 4 is 6.08 Å². The Hall–Kier alpha value is -1.30. The third-order valence-corrected chi connectivity index (χ3v) is 2.31. The Morgan fingerprint density at radius 1 is 1.15 bits per heavy atom. The van der Waals surface area contributed by atoms with Crippen LogP contribution in [0.15, 0.2) is 42.5 Å². The lowest BCUT2D eigenvalue weighted by atomic mass is 10.1. The second-order valence-electron chi connectivity index (χ2n) is 3.32. The van der Waals surface area contributed by atoms with Crippen molar-refractivity contribution in [1.82, 2.24) is 0 Å². The molecule has 65 valence electrons. The van der Waals surface area contributed by atoms with E-state index < -0.39 is 0 Å². The lowest BCUT2D eigenvalue weighted by Crippen LogP contribution is -1.80. The summed E-state index contributed by atoms with van der Waals surface area (Å²) in [6, 6.07) is 8.48. The van der Waals surface area contributed by atoms with Gasteiger partial charge in [-0.2, -0.15) is 0 Å². The van der Waals surface area contributed by atoms with Crippen LogP contribution in [-0.2, 0) is 0 Å². The highest BCUT2D eigenvalue weighted by molar-refractivity contribution is 5.68. The predicted molar refractivity (Wildman–Crippen MR) is 57.3 cm³/mol. The van der Waals surface area contributed by atoms with Gasteiger partial charge in [-0.05, 0) is 24.0 Å². The second-order valence-corrected chi connectivity index (χ2v) is 3.32. The summed E-state index contributed by atoms with van der Waals surface area (Å²) in [4.78, 5) is 0. The van der Waals surface area contributed by atoms with Crippen molar-refractivity contribution in [2.75, 3.05) is 0 Å². The Labute approximate surface area is 79.6 Å². The van der Waals surface area contributed by atoms with Crippen LogP contribution < -0.4 is 0 Å². The largest absolute Gasteiger partial charge is 0.103 e. The molecular weight excluding hydrogens is 156 g/mol. The first-order chi connectivity index (χ1) is 6.40. The van der Waals surface area contributed by atoms with Crippen LogP contribution in [0.1, 0.15) is 24.0 Å². The SMILES string of the molecule is C=CCCC1=Cc2ccccc2[CH]1. The van der Waals surface area contributed by atoms with E-state index in [1.807, 2.05) is 6.08 Å². The summed E-state index contributed by atoms with van der Waals surface area (Å²) in [6.45, 7) is 3.73. The van der Waals surface area contributed by atoms with Crippen LogP contribution in [0.3, 0.4) is 0 Å². The highest BCUT2D eigenvalue weighted by Gasteiger charge is 2.10. The molecule has 0 N–H and O–H groups in total. The van der Waals surface area contributed by atoms with Crippen LogP contribution >= 0.6 is 0 Å². The number of benzene rings is 1. The van der Waals surface area contributed by atoms with Gasteiger partial charge in [0.2, 0.25) is 0 Å². The molecule has 2 rings (SSSR count). The van der Waals surface area contributed by atoms with Gasteiger partial charge in [-0.3, -0.25) is 0 Å². The minimum absolute atomic E-state index is 1.07. The standard InChI is InChI=1S/C13H13/c1-2-3-6-11-9-12-7-4-5-8-13(12)10-11/h2,4-5,7-10H,1,3,6H2. The lowest BCUT2D eigenvalue weighted by molar-refractivity contribution is 1.01. The fraction of sp³-hybridized carbons (Fsp3) is 0.154. The maximum atomic E-state index is 3.73. The predicted octanol–water partition coefficient (Wildman–Crippen LogP) is 3.60. The van der Waals surface area contributed by atoms with Crippen LogP contribution in [0.5, 0.6) is 0 Å². The van der Waals surface area contributed by atoms with Gasteiger partial charge in [-0.15, -0.1) is 6.58 Å². The molecule has 0 saturated heterocycles. The van der Waals surface area contributed by atoms with Crippen LogP contribution in [0.4, 0.5) is 0 Å².